The Morgan fingerprint density at radius 1 is 1.15 bits per heavy atom. The number of halogens is 2. The largest absolute Gasteiger partial charge is 0.507 e. The van der Waals surface area contributed by atoms with E-state index in [0.717, 1.165) is 3.57 Å². The normalized spacial score (nSPS) is 10.7. The standard InChI is InChI=1S/C14H8FIN2O2/c15-9-3-1-2-8(6-9)13-17-14(20-18-13)11-7-10(16)4-5-12(11)19/h1-7,19H. The predicted octanol–water partition coefficient (Wildman–Crippen LogP) is 3.85. The zero-order chi connectivity index (χ0) is 14.1. The lowest BCUT2D eigenvalue weighted by Crippen LogP contribution is -1.84. The van der Waals surface area contributed by atoms with Gasteiger partial charge in [-0.15, -0.1) is 0 Å². The van der Waals surface area contributed by atoms with E-state index in [9.17, 15) is 9.50 Å². The van der Waals surface area contributed by atoms with Gasteiger partial charge in [-0.3, -0.25) is 0 Å². The minimum Gasteiger partial charge on any atom is -0.507 e. The second-order valence-electron chi connectivity index (χ2n) is 4.09. The van der Waals surface area contributed by atoms with Gasteiger partial charge >= 0.3 is 0 Å². The summed E-state index contributed by atoms with van der Waals surface area (Å²) in [6.45, 7) is 0. The number of nitrogens with zero attached hydrogens (tertiary/aromatic N) is 2. The Balaban J connectivity index is 2.04. The van der Waals surface area contributed by atoms with Crippen LogP contribution in [0.25, 0.3) is 22.8 Å². The maximum Gasteiger partial charge on any atom is 0.262 e. The van der Waals surface area contributed by atoms with E-state index < -0.39 is 0 Å². The SMILES string of the molecule is Oc1ccc(I)cc1-c1nc(-c2cccc(F)c2)no1. The van der Waals surface area contributed by atoms with E-state index in [1.54, 1.807) is 30.3 Å². The topological polar surface area (TPSA) is 59.2 Å². The highest BCUT2D eigenvalue weighted by molar-refractivity contribution is 14.1. The van der Waals surface area contributed by atoms with Crippen molar-refractivity contribution in [3.05, 3.63) is 51.9 Å². The molecule has 0 fully saturated rings. The Morgan fingerprint density at radius 2 is 2.00 bits per heavy atom. The number of aromatic nitrogens is 2. The molecule has 0 radical (unpaired) electrons. The van der Waals surface area contributed by atoms with Crippen LogP contribution in [0.4, 0.5) is 4.39 Å². The fourth-order valence-corrected chi connectivity index (χ4v) is 2.25. The first-order chi connectivity index (χ1) is 9.63. The van der Waals surface area contributed by atoms with Gasteiger partial charge in [-0.2, -0.15) is 4.98 Å². The summed E-state index contributed by atoms with van der Waals surface area (Å²) in [7, 11) is 0. The third-order valence-corrected chi connectivity index (χ3v) is 3.37. The summed E-state index contributed by atoms with van der Waals surface area (Å²) in [5, 5.41) is 13.6. The molecule has 0 unspecified atom stereocenters. The van der Waals surface area contributed by atoms with E-state index >= 15 is 0 Å². The molecule has 6 heteroatoms. The molecule has 0 bridgehead atoms. The molecule has 0 aliphatic rings. The van der Waals surface area contributed by atoms with Gasteiger partial charge in [0.2, 0.25) is 5.82 Å². The molecular formula is C14H8FIN2O2. The third-order valence-electron chi connectivity index (χ3n) is 2.70. The van der Waals surface area contributed by atoms with Crippen molar-refractivity contribution in [2.75, 3.05) is 0 Å². The van der Waals surface area contributed by atoms with Crippen LogP contribution in [0.15, 0.2) is 47.0 Å². The van der Waals surface area contributed by atoms with Crippen LogP contribution >= 0.6 is 22.6 Å². The summed E-state index contributed by atoms with van der Waals surface area (Å²) in [6.07, 6.45) is 0. The van der Waals surface area contributed by atoms with Crippen molar-refractivity contribution in [3.63, 3.8) is 0 Å². The Bertz CT molecular complexity index is 773. The molecule has 0 saturated carbocycles. The van der Waals surface area contributed by atoms with Crippen molar-refractivity contribution in [1.29, 1.82) is 0 Å². The molecule has 0 amide bonds. The van der Waals surface area contributed by atoms with Gasteiger partial charge in [-0.05, 0) is 52.9 Å². The highest BCUT2D eigenvalue weighted by atomic mass is 127. The third kappa shape index (κ3) is 2.51. The number of aromatic hydroxyl groups is 1. The molecule has 100 valence electrons. The lowest BCUT2D eigenvalue weighted by Gasteiger charge is -1.99. The zero-order valence-electron chi connectivity index (χ0n) is 10.0. The average Bonchev–Trinajstić information content (AvgIpc) is 2.91. The van der Waals surface area contributed by atoms with E-state index in [4.69, 9.17) is 4.52 Å². The number of rotatable bonds is 2. The van der Waals surface area contributed by atoms with Crippen molar-refractivity contribution in [2.24, 2.45) is 0 Å². The lowest BCUT2D eigenvalue weighted by molar-refractivity contribution is 0.425. The number of phenols is 1. The average molecular weight is 382 g/mol. The summed E-state index contributed by atoms with van der Waals surface area (Å²) in [6, 6.07) is 11.0. The molecular weight excluding hydrogens is 374 g/mol. The van der Waals surface area contributed by atoms with Crippen molar-refractivity contribution < 1.29 is 14.0 Å². The predicted molar refractivity (Wildman–Crippen MR) is 79.5 cm³/mol. The Kier molecular flexibility index (Phi) is 3.39. The van der Waals surface area contributed by atoms with Crippen molar-refractivity contribution >= 4 is 22.6 Å². The van der Waals surface area contributed by atoms with E-state index in [-0.39, 0.29) is 23.3 Å². The van der Waals surface area contributed by atoms with Gasteiger partial charge < -0.3 is 9.63 Å². The number of hydrogen-bond acceptors (Lipinski definition) is 4. The molecule has 3 rings (SSSR count). The van der Waals surface area contributed by atoms with Gasteiger partial charge in [-0.1, -0.05) is 17.3 Å². The highest BCUT2D eigenvalue weighted by Gasteiger charge is 2.14. The van der Waals surface area contributed by atoms with Crippen LogP contribution in [-0.2, 0) is 0 Å². The molecule has 0 spiro atoms. The minimum atomic E-state index is -0.369. The summed E-state index contributed by atoms with van der Waals surface area (Å²) < 4.78 is 19.2. The molecule has 1 aromatic heterocycles. The Morgan fingerprint density at radius 3 is 2.80 bits per heavy atom. The Labute approximate surface area is 127 Å². The second kappa shape index (κ2) is 5.20. The van der Waals surface area contributed by atoms with Gasteiger partial charge in [0.25, 0.3) is 5.89 Å². The van der Waals surface area contributed by atoms with Gasteiger partial charge in [0.05, 0.1) is 5.56 Å². The summed E-state index contributed by atoms with van der Waals surface area (Å²) in [4.78, 5) is 4.19. The molecule has 1 N–H and O–H groups in total. The van der Waals surface area contributed by atoms with Gasteiger partial charge in [-0.25, -0.2) is 4.39 Å². The van der Waals surface area contributed by atoms with Crippen LogP contribution in [0, 0.1) is 9.39 Å². The first kappa shape index (κ1) is 13.0. The van der Waals surface area contributed by atoms with E-state index in [0.29, 0.717) is 11.1 Å². The molecule has 2 aromatic carbocycles. The minimum absolute atomic E-state index is 0.0554. The Hall–Kier alpha value is -1.96. The molecule has 4 nitrogen and oxygen atoms in total. The number of hydrogen-bond donors (Lipinski definition) is 1. The zero-order valence-corrected chi connectivity index (χ0v) is 12.2. The fourth-order valence-electron chi connectivity index (χ4n) is 1.76. The molecule has 20 heavy (non-hydrogen) atoms. The molecule has 0 saturated heterocycles. The lowest BCUT2D eigenvalue weighted by atomic mass is 10.2. The molecule has 3 aromatic rings. The molecule has 1 heterocycles. The highest BCUT2D eigenvalue weighted by Crippen LogP contribution is 2.30. The van der Waals surface area contributed by atoms with E-state index in [2.05, 4.69) is 32.7 Å². The van der Waals surface area contributed by atoms with Gasteiger partial charge in [0, 0.05) is 9.13 Å². The van der Waals surface area contributed by atoms with Gasteiger partial charge in [0.1, 0.15) is 11.6 Å². The monoisotopic (exact) mass is 382 g/mol. The van der Waals surface area contributed by atoms with Crippen molar-refractivity contribution in [1.82, 2.24) is 10.1 Å². The van der Waals surface area contributed by atoms with Crippen molar-refractivity contribution in [3.8, 4) is 28.6 Å². The molecule has 0 aliphatic carbocycles. The van der Waals surface area contributed by atoms with E-state index in [1.165, 1.54) is 12.1 Å². The first-order valence-corrected chi connectivity index (χ1v) is 6.80. The summed E-state index contributed by atoms with van der Waals surface area (Å²) in [5.74, 6) is 0.156. The van der Waals surface area contributed by atoms with Crippen LogP contribution in [-0.4, -0.2) is 15.2 Å². The molecule has 0 aliphatic heterocycles. The second-order valence-corrected chi connectivity index (χ2v) is 5.34. The number of benzene rings is 2. The first-order valence-electron chi connectivity index (χ1n) is 5.72. The number of phenolic OH excluding ortho intramolecular Hbond substituents is 1. The van der Waals surface area contributed by atoms with Crippen LogP contribution in [0.5, 0.6) is 5.75 Å². The maximum absolute atomic E-state index is 13.2. The maximum atomic E-state index is 13.2. The van der Waals surface area contributed by atoms with Crippen LogP contribution in [0.2, 0.25) is 0 Å². The molecule has 0 atom stereocenters. The smallest absolute Gasteiger partial charge is 0.262 e. The van der Waals surface area contributed by atoms with E-state index in [1.807, 2.05) is 0 Å². The fraction of sp³-hybridized carbons (Fsp3) is 0. The van der Waals surface area contributed by atoms with Crippen LogP contribution in [0.3, 0.4) is 0 Å². The van der Waals surface area contributed by atoms with Gasteiger partial charge in [0.15, 0.2) is 0 Å². The summed E-state index contributed by atoms with van der Waals surface area (Å²) in [5.41, 5.74) is 0.970. The van der Waals surface area contributed by atoms with Crippen LogP contribution < -0.4 is 0 Å². The summed E-state index contributed by atoms with van der Waals surface area (Å²) >= 11 is 2.12. The van der Waals surface area contributed by atoms with Crippen LogP contribution in [0.1, 0.15) is 0 Å². The quantitative estimate of drug-likeness (QED) is 0.684. The van der Waals surface area contributed by atoms with Crippen molar-refractivity contribution in [2.45, 2.75) is 0 Å².